The zero-order valence-electron chi connectivity index (χ0n) is 18.1. The molecule has 2 N–H and O–H groups in total. The smallest absolute Gasteiger partial charge is 0.410 e. The van der Waals surface area contributed by atoms with E-state index in [4.69, 9.17) is 20.4 Å². The lowest BCUT2D eigenvalue weighted by Crippen LogP contribution is -2.37. The number of nitrogens with one attached hydrogen (secondary N) is 2. The zero-order chi connectivity index (χ0) is 22.3. The second-order valence-corrected chi connectivity index (χ2v) is 8.63. The van der Waals surface area contributed by atoms with Crippen LogP contribution in [0.4, 0.5) is 14.9 Å². The summed E-state index contributed by atoms with van der Waals surface area (Å²) in [6.07, 6.45) is 9.82. The van der Waals surface area contributed by atoms with Gasteiger partial charge in [-0.1, -0.05) is 18.1 Å². The second-order valence-electron chi connectivity index (χ2n) is 8.63. The topological polar surface area (TPSA) is 102 Å². The van der Waals surface area contributed by atoms with Crippen LogP contribution in [0.1, 0.15) is 58.3 Å². The third-order valence-corrected chi connectivity index (χ3v) is 5.79. The van der Waals surface area contributed by atoms with E-state index >= 15 is 0 Å². The molecule has 1 aliphatic heterocycles. The Balaban J connectivity index is 0.000000185. The summed E-state index contributed by atoms with van der Waals surface area (Å²) in [6.45, 7) is 4.37. The lowest BCUT2D eigenvalue weighted by atomic mass is 10.1. The highest BCUT2D eigenvalue weighted by molar-refractivity contribution is 5.76. The maximum Gasteiger partial charge on any atom is 0.410 e. The van der Waals surface area contributed by atoms with Gasteiger partial charge in [0.25, 0.3) is 0 Å². The van der Waals surface area contributed by atoms with E-state index in [0.29, 0.717) is 12.4 Å². The molecule has 0 atom stereocenters. The normalized spacial score (nSPS) is 18.8. The van der Waals surface area contributed by atoms with Crippen LogP contribution >= 0.6 is 0 Å². The first kappa shape index (κ1) is 23.0. The maximum atomic E-state index is 13.7. The van der Waals surface area contributed by atoms with Crippen LogP contribution in [0, 0.1) is 22.7 Å². The van der Waals surface area contributed by atoms with E-state index < -0.39 is 5.82 Å². The molecule has 1 amide bonds. The van der Waals surface area contributed by atoms with Crippen LogP contribution < -0.4 is 9.75 Å². The Morgan fingerprint density at radius 3 is 2.58 bits per heavy atom. The van der Waals surface area contributed by atoms with E-state index in [1.165, 1.54) is 31.4 Å². The van der Waals surface area contributed by atoms with Crippen LogP contribution in [-0.2, 0) is 4.74 Å². The molecule has 1 saturated heterocycles. The quantitative estimate of drug-likeness (QED) is 0.244. The molecule has 31 heavy (non-hydrogen) atoms. The van der Waals surface area contributed by atoms with Crippen molar-refractivity contribution in [3.8, 4) is 5.75 Å². The number of rotatable bonds is 8. The average molecular weight is 434 g/mol. The van der Waals surface area contributed by atoms with Crippen molar-refractivity contribution in [3.05, 3.63) is 24.0 Å². The van der Waals surface area contributed by atoms with Gasteiger partial charge in [-0.25, -0.2) is 14.2 Å². The third-order valence-electron chi connectivity index (χ3n) is 5.79. The van der Waals surface area contributed by atoms with Gasteiger partial charge in [-0.15, -0.1) is 0 Å². The first-order valence-electron chi connectivity index (χ1n) is 11.0. The number of ether oxygens (including phenoxy) is 2. The predicted molar refractivity (Wildman–Crippen MR) is 115 cm³/mol. The van der Waals surface area contributed by atoms with Gasteiger partial charge in [0.2, 0.25) is 0 Å². The summed E-state index contributed by atoms with van der Waals surface area (Å²) in [5.41, 5.74) is 6.76. The van der Waals surface area contributed by atoms with Gasteiger partial charge in [-0.05, 0) is 63.5 Å². The lowest BCUT2D eigenvalue weighted by Gasteiger charge is -2.27. The highest BCUT2D eigenvalue weighted by atomic mass is 19.1. The highest BCUT2D eigenvalue weighted by Crippen LogP contribution is 2.39. The minimum Gasteiger partial charge on any atom is -0.493 e. The largest absolute Gasteiger partial charge is 0.493 e. The SMILES string of the molecule is CC1(OC(=O)N2CCCCC2)CC1.N=CN(N=N)c1ccc(OCCC2CC2)cc1F. The summed E-state index contributed by atoms with van der Waals surface area (Å²) >= 11 is 0. The van der Waals surface area contributed by atoms with Gasteiger partial charge in [0.1, 0.15) is 23.4 Å². The van der Waals surface area contributed by atoms with Crippen LogP contribution in [0.25, 0.3) is 0 Å². The van der Waals surface area contributed by atoms with Gasteiger partial charge in [0.15, 0.2) is 5.82 Å². The molecule has 2 aliphatic carbocycles. The van der Waals surface area contributed by atoms with Gasteiger partial charge in [-0.3, -0.25) is 5.41 Å². The van der Waals surface area contributed by atoms with E-state index in [-0.39, 0.29) is 17.4 Å². The van der Waals surface area contributed by atoms with E-state index in [1.807, 2.05) is 11.8 Å². The molecule has 8 nitrogen and oxygen atoms in total. The Bertz CT molecular complexity index is 768. The Morgan fingerprint density at radius 2 is 2.03 bits per heavy atom. The van der Waals surface area contributed by atoms with E-state index in [1.54, 1.807) is 6.07 Å². The number of hydrogen-bond acceptors (Lipinski definition) is 6. The van der Waals surface area contributed by atoms with Crippen molar-refractivity contribution in [2.24, 2.45) is 11.1 Å². The van der Waals surface area contributed by atoms with Crippen LogP contribution in [-0.4, -0.2) is 42.6 Å². The Hall–Kier alpha value is -2.71. The maximum absolute atomic E-state index is 13.7. The van der Waals surface area contributed by atoms with Crippen LogP contribution in [0.2, 0.25) is 0 Å². The summed E-state index contributed by atoms with van der Waals surface area (Å²) in [4.78, 5) is 13.4. The fraction of sp³-hybridized carbons (Fsp3) is 0.636. The van der Waals surface area contributed by atoms with Gasteiger partial charge >= 0.3 is 6.09 Å². The number of anilines is 1. The van der Waals surface area contributed by atoms with Crippen molar-refractivity contribution < 1.29 is 18.7 Å². The molecule has 170 valence electrons. The molecular weight excluding hydrogens is 401 g/mol. The second kappa shape index (κ2) is 10.5. The molecule has 1 aromatic rings. The van der Waals surface area contributed by atoms with Crippen LogP contribution in [0.5, 0.6) is 5.75 Å². The van der Waals surface area contributed by atoms with Crippen LogP contribution in [0.3, 0.4) is 0 Å². The summed E-state index contributed by atoms with van der Waals surface area (Å²) in [5.74, 6) is 0.690. The lowest BCUT2D eigenvalue weighted by molar-refractivity contribution is 0.0537. The molecule has 1 heterocycles. The molecule has 0 radical (unpaired) electrons. The minimum atomic E-state index is -0.557. The van der Waals surface area contributed by atoms with E-state index in [2.05, 4.69) is 5.22 Å². The number of likely N-dealkylation sites (tertiary alicyclic amines) is 1. The van der Waals surface area contributed by atoms with Crippen molar-refractivity contribution in [1.29, 1.82) is 10.9 Å². The summed E-state index contributed by atoms with van der Waals surface area (Å²) in [6, 6.07) is 4.32. The molecule has 2 saturated carbocycles. The number of amides is 1. The number of halogens is 1. The Kier molecular flexibility index (Phi) is 7.81. The summed E-state index contributed by atoms with van der Waals surface area (Å²) in [7, 11) is 0. The molecule has 3 fully saturated rings. The Morgan fingerprint density at radius 1 is 1.32 bits per heavy atom. The van der Waals surface area contributed by atoms with Crippen molar-refractivity contribution in [2.45, 2.75) is 63.9 Å². The van der Waals surface area contributed by atoms with E-state index in [0.717, 1.165) is 62.5 Å². The number of nitrogens with zero attached hydrogens (tertiary/aromatic N) is 3. The van der Waals surface area contributed by atoms with Crippen molar-refractivity contribution in [2.75, 3.05) is 24.7 Å². The monoisotopic (exact) mass is 433 g/mol. The summed E-state index contributed by atoms with van der Waals surface area (Å²) in [5, 5.41) is 10.9. The number of carbonyl (C=O) groups is 1. The molecule has 3 aliphatic rings. The van der Waals surface area contributed by atoms with E-state index in [9.17, 15) is 9.18 Å². The number of benzene rings is 1. The third kappa shape index (κ3) is 7.18. The number of piperidine rings is 1. The minimum absolute atomic E-state index is 0.0644. The first-order chi connectivity index (χ1) is 14.9. The highest BCUT2D eigenvalue weighted by Gasteiger charge is 2.42. The molecule has 9 heteroatoms. The fourth-order valence-corrected chi connectivity index (χ4v) is 3.30. The van der Waals surface area contributed by atoms with Crippen LogP contribution in [0.15, 0.2) is 23.4 Å². The Labute approximate surface area is 182 Å². The molecule has 0 bridgehead atoms. The standard InChI is InChI=1S/C12H15FN4O.C10H17NO2/c13-11-7-10(18-6-5-9-1-2-9)3-4-12(11)17(8-14)16-15;1-10(5-6-10)13-9(12)11-7-3-2-4-8-11/h3-4,7-9,14-15H,1-2,5-6H2;2-8H2,1H3. The average Bonchev–Trinajstić information content (AvgIpc) is 3.70. The number of hydrogen-bond donors (Lipinski definition) is 2. The predicted octanol–water partition coefficient (Wildman–Crippen LogP) is 5.53. The molecule has 0 unspecified atom stereocenters. The van der Waals surface area contributed by atoms with Gasteiger partial charge in [0.05, 0.1) is 6.61 Å². The van der Waals surface area contributed by atoms with Crippen molar-refractivity contribution >= 4 is 18.1 Å². The molecule has 1 aromatic carbocycles. The molecule has 4 rings (SSSR count). The van der Waals surface area contributed by atoms with Crippen molar-refractivity contribution in [1.82, 2.24) is 4.90 Å². The molecule has 0 aromatic heterocycles. The first-order valence-corrected chi connectivity index (χ1v) is 11.0. The molecular formula is C22H32FN5O3. The summed E-state index contributed by atoms with van der Waals surface area (Å²) < 4.78 is 24.5. The fourth-order valence-electron chi connectivity index (χ4n) is 3.30. The zero-order valence-corrected chi connectivity index (χ0v) is 18.1. The molecule has 0 spiro atoms. The number of carbonyl (C=O) groups excluding carboxylic acids is 1. The van der Waals surface area contributed by atoms with Gasteiger partial charge < -0.3 is 14.4 Å². The van der Waals surface area contributed by atoms with Gasteiger partial charge in [-0.2, -0.15) is 5.53 Å². The van der Waals surface area contributed by atoms with Crippen molar-refractivity contribution in [3.63, 3.8) is 0 Å². The van der Waals surface area contributed by atoms with Gasteiger partial charge in [0, 0.05) is 19.2 Å².